The molecule has 1 amide bonds. The average molecular weight is 191 g/mol. The normalized spacial score (nSPS) is 19.9. The predicted molar refractivity (Wildman–Crippen MR) is 52.5 cm³/mol. The number of hydrogen-bond donors (Lipinski definition) is 2. The zero-order chi connectivity index (χ0) is 9.80. The first kappa shape index (κ1) is 9.15. The summed E-state index contributed by atoms with van der Waals surface area (Å²) in [5.74, 6) is 0.0834. The number of pyridine rings is 1. The van der Waals surface area contributed by atoms with Crippen molar-refractivity contribution in [3.63, 3.8) is 0 Å². The van der Waals surface area contributed by atoms with E-state index in [2.05, 4.69) is 15.6 Å². The van der Waals surface area contributed by atoms with Crippen LogP contribution >= 0.6 is 0 Å². The van der Waals surface area contributed by atoms with E-state index >= 15 is 0 Å². The third kappa shape index (κ3) is 2.09. The van der Waals surface area contributed by atoms with Gasteiger partial charge in [-0.05, 0) is 24.6 Å². The van der Waals surface area contributed by atoms with Gasteiger partial charge in [-0.3, -0.25) is 9.78 Å². The van der Waals surface area contributed by atoms with E-state index in [4.69, 9.17) is 0 Å². The summed E-state index contributed by atoms with van der Waals surface area (Å²) < 4.78 is 0. The van der Waals surface area contributed by atoms with Crippen LogP contribution in [0.25, 0.3) is 0 Å². The van der Waals surface area contributed by atoms with E-state index in [9.17, 15) is 4.79 Å². The highest BCUT2D eigenvalue weighted by molar-refractivity contribution is 5.82. The lowest BCUT2D eigenvalue weighted by Gasteiger charge is -2.26. The molecule has 0 bridgehead atoms. The highest BCUT2D eigenvalue weighted by atomic mass is 16.2. The molecule has 2 N–H and O–H groups in total. The second-order valence-electron chi connectivity index (χ2n) is 3.37. The molecule has 0 aromatic carbocycles. The van der Waals surface area contributed by atoms with Gasteiger partial charge in [0.25, 0.3) is 0 Å². The average Bonchev–Trinajstić information content (AvgIpc) is 2.14. The Hall–Kier alpha value is -1.42. The maximum Gasteiger partial charge on any atom is 0.237 e. The summed E-state index contributed by atoms with van der Waals surface area (Å²) in [4.78, 5) is 15.4. The van der Waals surface area contributed by atoms with Gasteiger partial charge in [0.15, 0.2) is 0 Å². The first-order valence-electron chi connectivity index (χ1n) is 4.76. The zero-order valence-electron chi connectivity index (χ0n) is 7.86. The van der Waals surface area contributed by atoms with Crippen LogP contribution in [0.2, 0.25) is 0 Å². The number of hydrogen-bond acceptors (Lipinski definition) is 3. The van der Waals surface area contributed by atoms with Crippen molar-refractivity contribution in [3.8, 4) is 0 Å². The molecule has 0 radical (unpaired) electrons. The second-order valence-corrected chi connectivity index (χ2v) is 3.37. The largest absolute Gasteiger partial charge is 0.351 e. The minimum atomic E-state index is 0.0201. The van der Waals surface area contributed by atoms with Crippen molar-refractivity contribution in [1.29, 1.82) is 0 Å². The number of rotatable bonds is 3. The van der Waals surface area contributed by atoms with Crippen molar-refractivity contribution in [2.75, 3.05) is 6.54 Å². The van der Waals surface area contributed by atoms with Gasteiger partial charge in [-0.15, -0.1) is 0 Å². The topological polar surface area (TPSA) is 54.0 Å². The number of amides is 1. The summed E-state index contributed by atoms with van der Waals surface area (Å²) in [6.45, 7) is 1.51. The molecule has 4 heteroatoms. The monoisotopic (exact) mass is 191 g/mol. The highest BCUT2D eigenvalue weighted by Crippen LogP contribution is 2.02. The van der Waals surface area contributed by atoms with Crippen molar-refractivity contribution >= 4 is 5.91 Å². The molecular weight excluding hydrogens is 178 g/mol. The third-order valence-electron chi connectivity index (χ3n) is 2.33. The standard InChI is InChI=1S/C10H13N3O/c14-10(9-3-5-12-9)13-7-8-2-1-4-11-6-8/h1-2,4,6,9,12H,3,5,7H2,(H,13,14)/t9-/m1/s1. The van der Waals surface area contributed by atoms with Crippen LogP contribution in [-0.4, -0.2) is 23.5 Å². The molecule has 2 rings (SSSR count). The Morgan fingerprint density at radius 3 is 3.14 bits per heavy atom. The first-order valence-corrected chi connectivity index (χ1v) is 4.76. The molecule has 0 aliphatic carbocycles. The third-order valence-corrected chi connectivity index (χ3v) is 2.33. The molecule has 4 nitrogen and oxygen atoms in total. The summed E-state index contributed by atoms with van der Waals surface area (Å²) in [6.07, 6.45) is 4.42. The quantitative estimate of drug-likeness (QED) is 0.710. The molecule has 1 saturated heterocycles. The van der Waals surface area contributed by atoms with Crippen LogP contribution in [0.1, 0.15) is 12.0 Å². The Morgan fingerprint density at radius 1 is 1.71 bits per heavy atom. The van der Waals surface area contributed by atoms with Crippen LogP contribution in [0.3, 0.4) is 0 Å². The van der Waals surface area contributed by atoms with Crippen LogP contribution < -0.4 is 10.6 Å². The maximum absolute atomic E-state index is 11.4. The van der Waals surface area contributed by atoms with E-state index < -0.39 is 0 Å². The van der Waals surface area contributed by atoms with Gasteiger partial charge in [0.1, 0.15) is 0 Å². The Labute approximate surface area is 82.7 Å². The fraction of sp³-hybridized carbons (Fsp3) is 0.400. The second kappa shape index (κ2) is 4.19. The molecule has 1 aromatic rings. The highest BCUT2D eigenvalue weighted by Gasteiger charge is 2.23. The van der Waals surface area contributed by atoms with Crippen LogP contribution in [0, 0.1) is 0 Å². The van der Waals surface area contributed by atoms with Crippen molar-refractivity contribution in [1.82, 2.24) is 15.6 Å². The van der Waals surface area contributed by atoms with Crippen molar-refractivity contribution < 1.29 is 4.79 Å². The number of nitrogens with one attached hydrogen (secondary N) is 2. The molecule has 1 aliphatic heterocycles. The van der Waals surface area contributed by atoms with Gasteiger partial charge in [0, 0.05) is 18.9 Å². The van der Waals surface area contributed by atoms with Gasteiger partial charge in [-0.2, -0.15) is 0 Å². The number of carbonyl (C=O) groups excluding carboxylic acids is 1. The minimum Gasteiger partial charge on any atom is -0.351 e. The van der Waals surface area contributed by atoms with E-state index in [0.29, 0.717) is 6.54 Å². The lowest BCUT2D eigenvalue weighted by atomic mass is 10.1. The van der Waals surface area contributed by atoms with Gasteiger partial charge in [0.2, 0.25) is 5.91 Å². The Balaban J connectivity index is 1.79. The van der Waals surface area contributed by atoms with Crippen molar-refractivity contribution in [3.05, 3.63) is 30.1 Å². The van der Waals surface area contributed by atoms with E-state index in [1.165, 1.54) is 0 Å². The number of nitrogens with zero attached hydrogens (tertiary/aromatic N) is 1. The fourth-order valence-corrected chi connectivity index (χ4v) is 1.33. The smallest absolute Gasteiger partial charge is 0.237 e. The molecule has 1 aromatic heterocycles. The summed E-state index contributed by atoms with van der Waals surface area (Å²) in [5.41, 5.74) is 1.03. The Kier molecular flexibility index (Phi) is 2.74. The Bertz CT molecular complexity index is 308. The Morgan fingerprint density at radius 2 is 2.57 bits per heavy atom. The van der Waals surface area contributed by atoms with E-state index in [-0.39, 0.29) is 11.9 Å². The predicted octanol–water partition coefficient (Wildman–Crippen LogP) is 0.0597. The van der Waals surface area contributed by atoms with Crippen LogP contribution in [0.4, 0.5) is 0 Å². The molecule has 1 fully saturated rings. The SMILES string of the molecule is O=C(NCc1cccnc1)[C@H]1CCN1. The molecule has 14 heavy (non-hydrogen) atoms. The molecule has 0 saturated carbocycles. The summed E-state index contributed by atoms with van der Waals surface area (Å²) in [6, 6.07) is 3.83. The first-order chi connectivity index (χ1) is 6.86. The number of aromatic nitrogens is 1. The van der Waals surface area contributed by atoms with Gasteiger partial charge >= 0.3 is 0 Å². The van der Waals surface area contributed by atoms with Gasteiger partial charge in [0.05, 0.1) is 6.04 Å². The molecule has 1 aliphatic rings. The summed E-state index contributed by atoms with van der Waals surface area (Å²) in [7, 11) is 0. The molecule has 1 atom stereocenters. The fourth-order valence-electron chi connectivity index (χ4n) is 1.33. The molecule has 2 heterocycles. The molecule has 0 spiro atoms. The lowest BCUT2D eigenvalue weighted by molar-refractivity contribution is -0.124. The lowest BCUT2D eigenvalue weighted by Crippen LogP contribution is -2.52. The van der Waals surface area contributed by atoms with Crippen LogP contribution in [-0.2, 0) is 11.3 Å². The maximum atomic E-state index is 11.4. The molecular formula is C10H13N3O. The van der Waals surface area contributed by atoms with Crippen molar-refractivity contribution in [2.45, 2.75) is 19.0 Å². The van der Waals surface area contributed by atoms with Gasteiger partial charge < -0.3 is 10.6 Å². The minimum absolute atomic E-state index is 0.0201. The van der Waals surface area contributed by atoms with Crippen LogP contribution in [0.15, 0.2) is 24.5 Å². The zero-order valence-corrected chi connectivity index (χ0v) is 7.86. The number of carbonyl (C=O) groups is 1. The van der Waals surface area contributed by atoms with Gasteiger partial charge in [-0.25, -0.2) is 0 Å². The van der Waals surface area contributed by atoms with E-state index in [0.717, 1.165) is 18.5 Å². The van der Waals surface area contributed by atoms with E-state index in [1.807, 2.05) is 12.1 Å². The van der Waals surface area contributed by atoms with E-state index in [1.54, 1.807) is 12.4 Å². The summed E-state index contributed by atoms with van der Waals surface area (Å²) >= 11 is 0. The molecule has 74 valence electrons. The van der Waals surface area contributed by atoms with Gasteiger partial charge in [-0.1, -0.05) is 6.07 Å². The van der Waals surface area contributed by atoms with Crippen molar-refractivity contribution in [2.24, 2.45) is 0 Å². The summed E-state index contributed by atoms with van der Waals surface area (Å²) in [5, 5.41) is 5.91. The van der Waals surface area contributed by atoms with Crippen LogP contribution in [0.5, 0.6) is 0 Å². The molecule has 0 unspecified atom stereocenters.